The molecule has 0 saturated carbocycles. The van der Waals surface area contributed by atoms with Crippen LogP contribution in [-0.2, 0) is 4.74 Å². The van der Waals surface area contributed by atoms with Gasteiger partial charge in [0, 0.05) is 0 Å². The van der Waals surface area contributed by atoms with Crippen LogP contribution in [0.2, 0.25) is 0 Å². The van der Waals surface area contributed by atoms with Crippen molar-refractivity contribution < 1.29 is 14.6 Å². The Morgan fingerprint density at radius 2 is 1.41 bits per heavy atom. The first kappa shape index (κ1) is 26.0. The van der Waals surface area contributed by atoms with Gasteiger partial charge in [0.25, 0.3) is 0 Å². The number of carbonyl (C=O) groups excluding carboxylic acids is 1. The Morgan fingerprint density at radius 1 is 0.926 bits per heavy atom. The first-order valence-electron chi connectivity index (χ1n) is 11.2. The molecule has 0 radical (unpaired) electrons. The smallest absolute Gasteiger partial charge is 0.408 e. The van der Waals surface area contributed by atoms with Crippen LogP contribution >= 0.6 is 0 Å². The van der Waals surface area contributed by atoms with Crippen LogP contribution in [0.3, 0.4) is 0 Å². The highest BCUT2D eigenvalue weighted by atomic mass is 16.6. The highest BCUT2D eigenvalue weighted by Gasteiger charge is 2.17. The van der Waals surface area contributed by atoms with E-state index < -0.39 is 11.7 Å². The molecular formula is C23H45NO3. The Labute approximate surface area is 168 Å². The molecule has 1 atom stereocenters. The topological polar surface area (TPSA) is 58.6 Å². The summed E-state index contributed by atoms with van der Waals surface area (Å²) < 4.78 is 5.20. The second-order valence-corrected chi connectivity index (χ2v) is 8.54. The molecule has 4 heteroatoms. The summed E-state index contributed by atoms with van der Waals surface area (Å²) in [6.45, 7) is 7.62. The van der Waals surface area contributed by atoms with Gasteiger partial charge in [0.05, 0.1) is 12.6 Å². The fourth-order valence-electron chi connectivity index (χ4n) is 2.98. The predicted octanol–water partition coefficient (Wildman–Crippen LogP) is 6.52. The molecule has 0 aromatic carbocycles. The summed E-state index contributed by atoms with van der Waals surface area (Å²) >= 11 is 0. The molecule has 0 rings (SSSR count). The van der Waals surface area contributed by atoms with Crippen molar-refractivity contribution >= 4 is 6.09 Å². The Morgan fingerprint density at radius 3 is 1.85 bits per heavy atom. The predicted molar refractivity (Wildman–Crippen MR) is 115 cm³/mol. The third-order valence-corrected chi connectivity index (χ3v) is 4.49. The van der Waals surface area contributed by atoms with Gasteiger partial charge in [0.1, 0.15) is 5.60 Å². The van der Waals surface area contributed by atoms with Gasteiger partial charge in [-0.25, -0.2) is 4.79 Å². The normalized spacial score (nSPS) is 13.1. The molecule has 0 aromatic rings. The first-order chi connectivity index (χ1) is 12.9. The lowest BCUT2D eigenvalue weighted by atomic mass is 10.0. The van der Waals surface area contributed by atoms with Crippen molar-refractivity contribution in [1.29, 1.82) is 0 Å². The Kier molecular flexibility index (Phi) is 16.4. The Hall–Kier alpha value is -1.03. The second kappa shape index (κ2) is 17.1. The second-order valence-electron chi connectivity index (χ2n) is 8.54. The number of nitrogens with one attached hydrogen (secondary N) is 1. The number of unbranched alkanes of at least 4 members (excludes halogenated alkanes) is 12. The number of alkyl carbamates (subject to hydrolysis) is 1. The molecular weight excluding hydrogens is 338 g/mol. The van der Waals surface area contributed by atoms with Gasteiger partial charge in [-0.05, 0) is 33.6 Å². The maximum atomic E-state index is 11.7. The minimum Gasteiger partial charge on any atom is -0.444 e. The number of hydrogen-bond donors (Lipinski definition) is 2. The van der Waals surface area contributed by atoms with Crippen molar-refractivity contribution in [2.75, 3.05) is 6.61 Å². The summed E-state index contributed by atoms with van der Waals surface area (Å²) in [7, 11) is 0. The monoisotopic (exact) mass is 383 g/mol. The van der Waals surface area contributed by atoms with Crippen LogP contribution in [0.5, 0.6) is 0 Å². The van der Waals surface area contributed by atoms with E-state index in [4.69, 9.17) is 4.74 Å². The molecule has 1 amide bonds. The lowest BCUT2D eigenvalue weighted by Gasteiger charge is -2.21. The molecule has 160 valence electrons. The Bertz CT molecular complexity index is 374. The van der Waals surface area contributed by atoms with Crippen LogP contribution in [0, 0.1) is 0 Å². The third-order valence-electron chi connectivity index (χ3n) is 4.49. The SMILES string of the molecule is CCCCCCCCCCCCCCC=CC(CO)NC(=O)OC(C)(C)C. The van der Waals surface area contributed by atoms with Crippen molar-refractivity contribution in [2.45, 2.75) is 123 Å². The average molecular weight is 384 g/mol. The molecule has 1 unspecified atom stereocenters. The maximum Gasteiger partial charge on any atom is 0.408 e. The van der Waals surface area contributed by atoms with Crippen molar-refractivity contribution in [3.8, 4) is 0 Å². The van der Waals surface area contributed by atoms with E-state index in [9.17, 15) is 9.90 Å². The first-order valence-corrected chi connectivity index (χ1v) is 11.2. The van der Waals surface area contributed by atoms with E-state index in [1.807, 2.05) is 26.8 Å². The molecule has 27 heavy (non-hydrogen) atoms. The number of hydrogen-bond acceptors (Lipinski definition) is 3. The van der Waals surface area contributed by atoms with Crippen LogP contribution in [0.25, 0.3) is 0 Å². The lowest BCUT2D eigenvalue weighted by molar-refractivity contribution is 0.0498. The van der Waals surface area contributed by atoms with E-state index in [1.54, 1.807) is 0 Å². The average Bonchev–Trinajstić information content (AvgIpc) is 2.59. The number of ether oxygens (including phenoxy) is 1. The molecule has 0 spiro atoms. The highest BCUT2D eigenvalue weighted by Crippen LogP contribution is 2.12. The molecule has 0 fully saturated rings. The number of aliphatic hydroxyl groups excluding tert-OH is 1. The van der Waals surface area contributed by atoms with Crippen molar-refractivity contribution in [3.05, 3.63) is 12.2 Å². The van der Waals surface area contributed by atoms with Gasteiger partial charge in [-0.2, -0.15) is 0 Å². The van der Waals surface area contributed by atoms with Gasteiger partial charge in [-0.3, -0.25) is 0 Å². The largest absolute Gasteiger partial charge is 0.444 e. The summed E-state index contributed by atoms with van der Waals surface area (Å²) in [5.41, 5.74) is -0.525. The van der Waals surface area contributed by atoms with Gasteiger partial charge < -0.3 is 15.2 Å². The lowest BCUT2D eigenvalue weighted by Crippen LogP contribution is -2.39. The molecule has 0 aliphatic heterocycles. The number of carbonyl (C=O) groups is 1. The van der Waals surface area contributed by atoms with Gasteiger partial charge in [-0.1, -0.05) is 89.7 Å². The highest BCUT2D eigenvalue weighted by molar-refractivity contribution is 5.68. The molecule has 0 heterocycles. The van der Waals surface area contributed by atoms with E-state index in [2.05, 4.69) is 18.3 Å². The summed E-state index contributed by atoms with van der Waals surface area (Å²) in [5, 5.41) is 12.0. The fourth-order valence-corrected chi connectivity index (χ4v) is 2.98. The maximum absolute atomic E-state index is 11.7. The summed E-state index contributed by atoms with van der Waals surface area (Å²) in [5.74, 6) is 0. The number of rotatable bonds is 16. The van der Waals surface area contributed by atoms with Crippen molar-refractivity contribution in [3.63, 3.8) is 0 Å². The van der Waals surface area contributed by atoms with Gasteiger partial charge in [0.15, 0.2) is 0 Å². The summed E-state index contributed by atoms with van der Waals surface area (Å²) in [4.78, 5) is 11.7. The van der Waals surface area contributed by atoms with Crippen LogP contribution in [0.4, 0.5) is 4.79 Å². The summed E-state index contributed by atoms with van der Waals surface area (Å²) in [6.07, 6.45) is 20.6. The van der Waals surface area contributed by atoms with Gasteiger partial charge in [-0.15, -0.1) is 0 Å². The molecule has 0 saturated heterocycles. The van der Waals surface area contributed by atoms with E-state index >= 15 is 0 Å². The van der Waals surface area contributed by atoms with Crippen molar-refractivity contribution in [2.24, 2.45) is 0 Å². The summed E-state index contributed by atoms with van der Waals surface area (Å²) in [6, 6.07) is -0.378. The van der Waals surface area contributed by atoms with Crippen LogP contribution in [0.15, 0.2) is 12.2 Å². The number of amides is 1. The van der Waals surface area contributed by atoms with E-state index in [-0.39, 0.29) is 12.6 Å². The van der Waals surface area contributed by atoms with Crippen molar-refractivity contribution in [1.82, 2.24) is 5.32 Å². The number of aliphatic hydroxyl groups is 1. The molecule has 2 N–H and O–H groups in total. The zero-order valence-electron chi connectivity index (χ0n) is 18.4. The quantitative estimate of drug-likeness (QED) is 0.236. The third kappa shape index (κ3) is 19.5. The fraction of sp³-hybridized carbons (Fsp3) is 0.870. The molecule has 4 nitrogen and oxygen atoms in total. The van der Waals surface area contributed by atoms with E-state index in [0.717, 1.165) is 12.8 Å². The van der Waals surface area contributed by atoms with Crippen LogP contribution < -0.4 is 5.32 Å². The van der Waals surface area contributed by atoms with Crippen LogP contribution in [-0.4, -0.2) is 29.4 Å². The van der Waals surface area contributed by atoms with Gasteiger partial charge in [0.2, 0.25) is 0 Å². The van der Waals surface area contributed by atoms with E-state index in [1.165, 1.54) is 70.6 Å². The Balaban J connectivity index is 3.55. The zero-order valence-corrected chi connectivity index (χ0v) is 18.4. The van der Waals surface area contributed by atoms with E-state index in [0.29, 0.717) is 0 Å². The zero-order chi connectivity index (χ0) is 20.4. The molecule has 0 aliphatic carbocycles. The minimum atomic E-state index is -0.525. The minimum absolute atomic E-state index is 0.117. The van der Waals surface area contributed by atoms with Gasteiger partial charge >= 0.3 is 6.09 Å². The van der Waals surface area contributed by atoms with Crippen LogP contribution in [0.1, 0.15) is 111 Å². The number of allylic oxidation sites excluding steroid dienone is 1. The molecule has 0 aliphatic rings. The standard InChI is InChI=1S/C23H45NO3/c1-5-6-7-8-9-10-11-12-13-14-15-16-17-18-19-21(20-25)24-22(26)27-23(2,3)4/h18-19,21,25H,5-17,20H2,1-4H3,(H,24,26). The molecule has 0 aromatic heterocycles. The molecule has 0 bridgehead atoms.